The molecule has 1 aromatic carbocycles. The molecule has 3 N–H and O–H groups in total. The molecule has 6 aliphatic rings. The Bertz CT molecular complexity index is 1470. The van der Waals surface area contributed by atoms with Crippen LogP contribution < -0.4 is 10.5 Å². The number of halogens is 1. The topological polar surface area (TPSA) is 140 Å². The van der Waals surface area contributed by atoms with Gasteiger partial charge in [0.2, 0.25) is 15.9 Å². The van der Waals surface area contributed by atoms with Gasteiger partial charge in [0.05, 0.1) is 11.0 Å². The zero-order chi connectivity index (χ0) is 30.5. The molecule has 12 heteroatoms. The number of nitrogens with two attached hydrogens (primary N) is 1. The third-order valence-corrected chi connectivity index (χ3v) is 12.0. The van der Waals surface area contributed by atoms with Crippen LogP contribution in [0.4, 0.5) is 9.18 Å². The van der Waals surface area contributed by atoms with Crippen molar-refractivity contribution in [2.75, 3.05) is 13.1 Å². The highest BCUT2D eigenvalue weighted by atomic mass is 32.2. The van der Waals surface area contributed by atoms with E-state index in [-0.39, 0.29) is 35.7 Å². The van der Waals surface area contributed by atoms with Gasteiger partial charge in [-0.2, -0.15) is 0 Å². The van der Waals surface area contributed by atoms with E-state index in [1.807, 2.05) is 0 Å². The van der Waals surface area contributed by atoms with Crippen LogP contribution in [0.2, 0.25) is 0 Å². The van der Waals surface area contributed by atoms with Crippen molar-refractivity contribution in [3.63, 3.8) is 0 Å². The molecule has 2 aliphatic heterocycles. The number of aliphatic imine (C=N–C) groups is 1. The van der Waals surface area contributed by atoms with Gasteiger partial charge >= 0.3 is 6.09 Å². The number of nitrogens with zero attached hydrogens (tertiary/aromatic N) is 2. The Labute approximate surface area is 246 Å². The van der Waals surface area contributed by atoms with Crippen molar-refractivity contribution in [1.82, 2.24) is 9.62 Å². The molecular formula is C30H41FN4O6S. The fourth-order valence-corrected chi connectivity index (χ4v) is 9.84. The summed E-state index contributed by atoms with van der Waals surface area (Å²) in [5, 5.41) is -1.07. The van der Waals surface area contributed by atoms with Gasteiger partial charge in [0, 0.05) is 19.0 Å². The normalized spacial score (nSPS) is 35.4. The van der Waals surface area contributed by atoms with E-state index in [0.29, 0.717) is 31.8 Å². The maximum absolute atomic E-state index is 15.3. The molecule has 5 unspecified atom stereocenters. The van der Waals surface area contributed by atoms with Crippen LogP contribution in [0.3, 0.4) is 0 Å². The van der Waals surface area contributed by atoms with E-state index in [0.717, 1.165) is 24.8 Å². The minimum Gasteiger partial charge on any atom is -0.457 e. The summed E-state index contributed by atoms with van der Waals surface area (Å²) in [6.45, 7) is 9.64. The Morgan fingerprint density at radius 1 is 1.21 bits per heavy atom. The van der Waals surface area contributed by atoms with Crippen LogP contribution in [0.15, 0.2) is 23.2 Å². The Morgan fingerprint density at radius 3 is 2.55 bits per heavy atom. The van der Waals surface area contributed by atoms with Crippen molar-refractivity contribution < 1.29 is 31.9 Å². The van der Waals surface area contributed by atoms with Gasteiger partial charge in [0.15, 0.2) is 0 Å². The number of benzene rings is 1. The van der Waals surface area contributed by atoms with Gasteiger partial charge in [-0.15, -0.1) is 0 Å². The lowest BCUT2D eigenvalue weighted by molar-refractivity contribution is -0.130. The number of sulfonamides is 1. The van der Waals surface area contributed by atoms with Crippen molar-refractivity contribution in [2.45, 2.75) is 101 Å². The first-order valence-electron chi connectivity index (χ1n) is 14.8. The van der Waals surface area contributed by atoms with Crippen LogP contribution in [-0.4, -0.2) is 66.4 Å². The van der Waals surface area contributed by atoms with Crippen LogP contribution in [0.5, 0.6) is 0 Å². The second-order valence-corrected chi connectivity index (χ2v) is 16.6. The standard InChI is InChI=1S/C30H41FN4O6S/c1-27(2,3)41-26(37)35-14-20(15-35)18-6-7-19(22(31)9-18)10-23-28(4,5)40-25(34-42(23,38)39)33-30-12-17-8-21(30)13-29(11-17,16-30)24(32)36/h6-7,9,17,20-21,23H,8,10-16H2,1-5H3,(H2,32,36)(H,33,34). The average Bonchev–Trinajstić information content (AvgIpc) is 3.15. The molecule has 2 saturated heterocycles. The first kappa shape index (κ1) is 29.2. The summed E-state index contributed by atoms with van der Waals surface area (Å²) in [6, 6.07) is 4.78. The van der Waals surface area contributed by atoms with Crippen LogP contribution in [0.1, 0.15) is 83.8 Å². The fraction of sp³-hybridized carbons (Fsp3) is 0.700. The zero-order valence-electron chi connectivity index (χ0n) is 24.9. The van der Waals surface area contributed by atoms with Crippen molar-refractivity contribution in [1.29, 1.82) is 0 Å². The molecule has 7 rings (SSSR count). The number of ether oxygens (including phenoxy) is 2. The number of amidine groups is 1. The van der Waals surface area contributed by atoms with E-state index >= 15 is 4.39 Å². The summed E-state index contributed by atoms with van der Waals surface area (Å²) in [6.07, 6.45) is 3.25. The lowest BCUT2D eigenvalue weighted by atomic mass is 9.68. The van der Waals surface area contributed by atoms with E-state index in [4.69, 9.17) is 20.2 Å². The van der Waals surface area contributed by atoms with Crippen molar-refractivity contribution in [3.8, 4) is 0 Å². The minimum atomic E-state index is -3.98. The Balaban J connectivity index is 1.15. The second-order valence-electron chi connectivity index (χ2n) is 14.7. The number of primary amides is 1. The summed E-state index contributed by atoms with van der Waals surface area (Å²) >= 11 is 0. The van der Waals surface area contributed by atoms with Crippen molar-refractivity contribution >= 4 is 28.0 Å². The maximum atomic E-state index is 15.3. The molecule has 4 aliphatic carbocycles. The monoisotopic (exact) mass is 604 g/mol. The predicted molar refractivity (Wildman–Crippen MR) is 154 cm³/mol. The van der Waals surface area contributed by atoms with Gasteiger partial charge in [-0.3, -0.25) is 4.79 Å². The average molecular weight is 605 g/mol. The van der Waals surface area contributed by atoms with Crippen LogP contribution in [-0.2, 0) is 30.7 Å². The third-order valence-electron chi connectivity index (χ3n) is 10.1. The highest BCUT2D eigenvalue weighted by molar-refractivity contribution is 7.90. The minimum absolute atomic E-state index is 0.0196. The first-order chi connectivity index (χ1) is 19.4. The summed E-state index contributed by atoms with van der Waals surface area (Å²) in [5.41, 5.74) is 3.91. The second kappa shape index (κ2) is 9.30. The zero-order valence-corrected chi connectivity index (χ0v) is 25.7. The fourth-order valence-electron chi connectivity index (χ4n) is 8.17. The van der Waals surface area contributed by atoms with Gasteiger partial charge in [0.25, 0.3) is 6.02 Å². The molecule has 10 nitrogen and oxygen atoms in total. The summed E-state index contributed by atoms with van der Waals surface area (Å²) < 4.78 is 56.5. The van der Waals surface area contributed by atoms with Gasteiger partial charge in [-0.25, -0.2) is 27.3 Å². The molecule has 42 heavy (non-hydrogen) atoms. The molecule has 0 radical (unpaired) electrons. The Hall–Kier alpha value is -2.89. The van der Waals surface area contributed by atoms with Crippen LogP contribution in [0, 0.1) is 23.1 Å². The lowest BCUT2D eigenvalue weighted by Crippen LogP contribution is -2.59. The molecule has 0 aromatic heterocycles. The number of amides is 2. The first-order valence-corrected chi connectivity index (χ1v) is 16.3. The quantitative estimate of drug-likeness (QED) is 0.527. The number of hydrogen-bond acceptors (Lipinski definition) is 7. The summed E-state index contributed by atoms with van der Waals surface area (Å²) in [5.74, 6) is -0.293. The number of rotatable bonds is 5. The van der Waals surface area contributed by atoms with Gasteiger partial charge in [0.1, 0.15) is 22.3 Å². The lowest BCUT2D eigenvalue weighted by Gasteiger charge is -2.41. The summed E-state index contributed by atoms with van der Waals surface area (Å²) in [7, 11) is -3.98. The molecule has 6 fully saturated rings. The number of nitrogens with one attached hydrogen (secondary N) is 1. The SMILES string of the molecule is CC(C)(C)OC(=O)N1CC(c2ccc(CC3C(C)(C)OC(=NC45CC6CC4CC(C(N)=O)(C6)C5)NS3(=O)=O)c(F)c2)C1. The maximum Gasteiger partial charge on any atom is 0.410 e. The van der Waals surface area contributed by atoms with Crippen LogP contribution in [0.25, 0.3) is 0 Å². The Morgan fingerprint density at radius 2 is 1.93 bits per heavy atom. The van der Waals surface area contributed by atoms with Gasteiger partial charge in [-0.05, 0) is 102 Å². The molecule has 2 heterocycles. The van der Waals surface area contributed by atoms with Crippen molar-refractivity contribution in [3.05, 3.63) is 35.1 Å². The van der Waals surface area contributed by atoms with Gasteiger partial charge < -0.3 is 20.1 Å². The molecule has 4 saturated carbocycles. The molecule has 230 valence electrons. The molecule has 2 amide bonds. The number of likely N-dealkylation sites (tertiary alicyclic amines) is 1. The molecule has 1 aromatic rings. The van der Waals surface area contributed by atoms with Gasteiger partial charge in [-0.1, -0.05) is 12.1 Å². The molecular weight excluding hydrogens is 563 g/mol. The largest absolute Gasteiger partial charge is 0.457 e. The van der Waals surface area contributed by atoms with E-state index in [1.165, 1.54) is 6.07 Å². The summed E-state index contributed by atoms with van der Waals surface area (Å²) in [4.78, 5) is 31.0. The smallest absolute Gasteiger partial charge is 0.410 e. The highest BCUT2D eigenvalue weighted by Gasteiger charge is 2.67. The Kier molecular flexibility index (Phi) is 6.47. The number of carbonyl (C=O) groups excluding carboxylic acids is 2. The number of carbonyl (C=O) groups is 2. The van der Waals surface area contributed by atoms with Crippen LogP contribution >= 0.6 is 0 Å². The highest BCUT2D eigenvalue weighted by Crippen LogP contribution is 2.67. The molecule has 5 atom stereocenters. The van der Waals surface area contributed by atoms with Crippen molar-refractivity contribution in [2.24, 2.45) is 28.0 Å². The van der Waals surface area contributed by atoms with E-state index < -0.39 is 49.3 Å². The molecule has 0 spiro atoms. The van der Waals surface area contributed by atoms with E-state index in [9.17, 15) is 18.0 Å². The van der Waals surface area contributed by atoms with E-state index in [1.54, 1.807) is 51.7 Å². The predicted octanol–water partition coefficient (Wildman–Crippen LogP) is 3.59. The molecule has 4 bridgehead atoms. The number of hydrogen-bond donors (Lipinski definition) is 2. The third kappa shape index (κ3) is 4.93. The van der Waals surface area contributed by atoms with E-state index in [2.05, 4.69) is 4.72 Å².